The number of anilines is 1. The largest absolute Gasteiger partial charge is 0.496 e. The van der Waals surface area contributed by atoms with Gasteiger partial charge in [-0.15, -0.1) is 0 Å². The Labute approximate surface area is 218 Å². The molecule has 0 aromatic heterocycles. The quantitative estimate of drug-likeness (QED) is 0.463. The van der Waals surface area contributed by atoms with Crippen LogP contribution in [0.1, 0.15) is 11.1 Å². The third-order valence-electron chi connectivity index (χ3n) is 6.57. The fourth-order valence-corrected chi connectivity index (χ4v) is 5.86. The second kappa shape index (κ2) is 11.7. The number of nitrogens with zero attached hydrogens (tertiary/aromatic N) is 2. The van der Waals surface area contributed by atoms with Gasteiger partial charge in [0.25, 0.3) is 0 Å². The van der Waals surface area contributed by atoms with E-state index in [1.54, 1.807) is 31.1 Å². The summed E-state index contributed by atoms with van der Waals surface area (Å²) in [5.74, 6) is 1.15. The summed E-state index contributed by atoms with van der Waals surface area (Å²) in [5.41, 5.74) is 2.56. The number of nitrogens with one attached hydrogen (secondary N) is 1. The van der Waals surface area contributed by atoms with Crippen molar-refractivity contribution in [3.8, 4) is 11.5 Å². The van der Waals surface area contributed by atoms with Gasteiger partial charge in [-0.25, -0.2) is 8.42 Å². The molecule has 1 amide bonds. The van der Waals surface area contributed by atoms with E-state index in [0.29, 0.717) is 37.5 Å². The maximum atomic E-state index is 13.7. The molecule has 1 aliphatic rings. The molecular formula is C28H33N3O5S. The third-order valence-corrected chi connectivity index (χ3v) is 8.04. The maximum Gasteiger partial charge on any atom is 0.241 e. The van der Waals surface area contributed by atoms with E-state index in [1.165, 1.54) is 13.2 Å². The Balaban J connectivity index is 1.53. The van der Waals surface area contributed by atoms with E-state index < -0.39 is 16.1 Å². The average molecular weight is 524 g/mol. The van der Waals surface area contributed by atoms with Crippen molar-refractivity contribution in [1.29, 1.82) is 0 Å². The van der Waals surface area contributed by atoms with Gasteiger partial charge >= 0.3 is 0 Å². The number of rotatable bonds is 9. The summed E-state index contributed by atoms with van der Waals surface area (Å²) in [6.45, 7) is 3.98. The van der Waals surface area contributed by atoms with Crippen molar-refractivity contribution in [2.24, 2.45) is 0 Å². The van der Waals surface area contributed by atoms with Crippen LogP contribution < -0.4 is 19.1 Å². The van der Waals surface area contributed by atoms with Crippen molar-refractivity contribution in [2.75, 3.05) is 45.3 Å². The molecular weight excluding hydrogens is 490 g/mol. The van der Waals surface area contributed by atoms with Gasteiger partial charge in [0.05, 0.1) is 24.8 Å². The van der Waals surface area contributed by atoms with Crippen LogP contribution in [0, 0.1) is 6.92 Å². The molecule has 0 radical (unpaired) electrons. The first-order chi connectivity index (χ1) is 17.8. The number of carbonyl (C=O) groups excluding carboxylic acids is 1. The molecule has 1 N–H and O–H groups in total. The van der Waals surface area contributed by atoms with Crippen molar-refractivity contribution >= 4 is 21.6 Å². The number of benzene rings is 3. The fraction of sp³-hybridized carbons (Fsp3) is 0.321. The lowest BCUT2D eigenvalue weighted by molar-refractivity contribution is -0.133. The lowest BCUT2D eigenvalue weighted by Crippen LogP contribution is -2.55. The lowest BCUT2D eigenvalue weighted by Gasteiger charge is -2.38. The van der Waals surface area contributed by atoms with E-state index in [-0.39, 0.29) is 17.2 Å². The highest BCUT2D eigenvalue weighted by molar-refractivity contribution is 7.89. The number of aryl methyl sites for hydroxylation is 1. The molecule has 9 heteroatoms. The van der Waals surface area contributed by atoms with Gasteiger partial charge in [0.15, 0.2) is 0 Å². The molecule has 3 aromatic carbocycles. The Morgan fingerprint density at radius 2 is 1.54 bits per heavy atom. The Morgan fingerprint density at radius 1 is 0.892 bits per heavy atom. The Bertz CT molecular complexity index is 1320. The normalized spacial score (nSPS) is 14.8. The van der Waals surface area contributed by atoms with E-state index in [1.807, 2.05) is 54.6 Å². The number of piperazine rings is 1. The van der Waals surface area contributed by atoms with Gasteiger partial charge in [0.2, 0.25) is 15.9 Å². The van der Waals surface area contributed by atoms with Crippen molar-refractivity contribution in [2.45, 2.75) is 24.3 Å². The van der Waals surface area contributed by atoms with Gasteiger partial charge in [0, 0.05) is 26.2 Å². The Hall–Kier alpha value is -3.56. The van der Waals surface area contributed by atoms with E-state index in [9.17, 15) is 13.2 Å². The Morgan fingerprint density at radius 3 is 2.19 bits per heavy atom. The van der Waals surface area contributed by atoms with Crippen LogP contribution in [0.4, 0.5) is 5.69 Å². The van der Waals surface area contributed by atoms with Crippen molar-refractivity contribution in [3.05, 3.63) is 83.9 Å². The number of carbonyl (C=O) groups is 1. The molecule has 0 bridgehead atoms. The molecule has 0 unspecified atom stereocenters. The summed E-state index contributed by atoms with van der Waals surface area (Å²) in [5, 5.41) is 0. The highest BCUT2D eigenvalue weighted by Gasteiger charge is 2.32. The minimum absolute atomic E-state index is 0.0950. The van der Waals surface area contributed by atoms with Crippen LogP contribution >= 0.6 is 0 Å². The van der Waals surface area contributed by atoms with Crippen molar-refractivity contribution in [3.63, 3.8) is 0 Å². The van der Waals surface area contributed by atoms with Crippen LogP contribution in [-0.2, 0) is 21.2 Å². The van der Waals surface area contributed by atoms with Crippen LogP contribution in [0.25, 0.3) is 0 Å². The van der Waals surface area contributed by atoms with Crippen molar-refractivity contribution < 1.29 is 22.7 Å². The van der Waals surface area contributed by atoms with Crippen LogP contribution in [0.2, 0.25) is 0 Å². The minimum atomic E-state index is -3.95. The molecule has 196 valence electrons. The molecule has 0 saturated carbocycles. The molecule has 0 aliphatic carbocycles. The van der Waals surface area contributed by atoms with Gasteiger partial charge in [-0.2, -0.15) is 4.72 Å². The number of hydrogen-bond donors (Lipinski definition) is 1. The van der Waals surface area contributed by atoms with Gasteiger partial charge in [-0.1, -0.05) is 42.5 Å². The van der Waals surface area contributed by atoms with Gasteiger partial charge < -0.3 is 19.3 Å². The first kappa shape index (κ1) is 26.5. The zero-order valence-corrected chi connectivity index (χ0v) is 22.2. The summed E-state index contributed by atoms with van der Waals surface area (Å²) < 4.78 is 40.1. The summed E-state index contributed by atoms with van der Waals surface area (Å²) in [7, 11) is -0.773. The second-order valence-corrected chi connectivity index (χ2v) is 10.7. The molecule has 4 rings (SSSR count). The zero-order valence-electron chi connectivity index (χ0n) is 21.4. The van der Waals surface area contributed by atoms with Gasteiger partial charge in [-0.3, -0.25) is 4.79 Å². The maximum absolute atomic E-state index is 13.7. The van der Waals surface area contributed by atoms with Crippen LogP contribution in [0.5, 0.6) is 11.5 Å². The Kier molecular flexibility index (Phi) is 8.35. The molecule has 0 spiro atoms. The van der Waals surface area contributed by atoms with E-state index >= 15 is 0 Å². The van der Waals surface area contributed by atoms with Crippen molar-refractivity contribution in [1.82, 2.24) is 9.62 Å². The number of ether oxygens (including phenoxy) is 2. The molecule has 1 fully saturated rings. The summed E-state index contributed by atoms with van der Waals surface area (Å²) in [4.78, 5) is 17.7. The van der Waals surface area contributed by atoms with E-state index in [4.69, 9.17) is 9.47 Å². The molecule has 1 aliphatic heterocycles. The van der Waals surface area contributed by atoms with Crippen LogP contribution in [0.3, 0.4) is 0 Å². The summed E-state index contributed by atoms with van der Waals surface area (Å²) in [6, 6.07) is 21.0. The second-order valence-electron chi connectivity index (χ2n) is 8.98. The number of methoxy groups -OCH3 is 2. The fourth-order valence-electron chi connectivity index (χ4n) is 4.58. The lowest BCUT2D eigenvalue weighted by atomic mass is 10.1. The van der Waals surface area contributed by atoms with Gasteiger partial charge in [0.1, 0.15) is 17.5 Å². The zero-order chi connectivity index (χ0) is 26.4. The predicted octanol–water partition coefficient (Wildman–Crippen LogP) is 3.25. The molecule has 8 nitrogen and oxygen atoms in total. The van der Waals surface area contributed by atoms with Gasteiger partial charge in [-0.05, 0) is 54.8 Å². The first-order valence-electron chi connectivity index (χ1n) is 12.2. The highest BCUT2D eigenvalue weighted by atomic mass is 32.2. The standard InChI is InChI=1S/C28H33N3O5S/c1-21-19-23(13-14-26(21)35-2)37(33,34)29-24(20-22-9-5-4-6-10-22)28(32)31-17-15-30(16-18-31)25-11-7-8-12-27(25)36-3/h4-14,19,24,29H,15-18,20H2,1-3H3/t24-/m1/s1. The molecule has 1 heterocycles. The number of amides is 1. The topological polar surface area (TPSA) is 88.2 Å². The smallest absolute Gasteiger partial charge is 0.241 e. The summed E-state index contributed by atoms with van der Waals surface area (Å²) in [6.07, 6.45) is 0.251. The van der Waals surface area contributed by atoms with Crippen LogP contribution in [0.15, 0.2) is 77.7 Å². The third kappa shape index (κ3) is 6.23. The minimum Gasteiger partial charge on any atom is -0.496 e. The monoisotopic (exact) mass is 523 g/mol. The molecule has 1 atom stereocenters. The number of hydrogen-bond acceptors (Lipinski definition) is 6. The molecule has 1 saturated heterocycles. The molecule has 37 heavy (non-hydrogen) atoms. The highest BCUT2D eigenvalue weighted by Crippen LogP contribution is 2.28. The average Bonchev–Trinajstić information content (AvgIpc) is 2.92. The summed E-state index contributed by atoms with van der Waals surface area (Å²) >= 11 is 0. The first-order valence-corrected chi connectivity index (χ1v) is 13.7. The molecule has 3 aromatic rings. The van der Waals surface area contributed by atoms with E-state index in [0.717, 1.165) is 17.0 Å². The number of sulfonamides is 1. The number of para-hydroxylation sites is 2. The SMILES string of the molecule is COc1ccc(S(=O)(=O)N[C@H](Cc2ccccc2)C(=O)N2CCN(c3ccccc3OC)CC2)cc1C. The van der Waals surface area contributed by atoms with E-state index in [2.05, 4.69) is 9.62 Å². The van der Waals surface area contributed by atoms with Crippen LogP contribution in [-0.4, -0.2) is 65.7 Å². The predicted molar refractivity (Wildman–Crippen MR) is 144 cm³/mol.